The molecule has 0 heterocycles. The van der Waals surface area contributed by atoms with Crippen LogP contribution in [-0.4, -0.2) is 17.1 Å². The van der Waals surface area contributed by atoms with Crippen molar-refractivity contribution in [2.45, 2.75) is 77.6 Å². The van der Waals surface area contributed by atoms with Crippen LogP contribution in [0, 0.1) is 0 Å². The average molecular weight is 230 g/mol. The maximum absolute atomic E-state index is 5.16. The molecule has 0 bridgehead atoms. The third-order valence-electron chi connectivity index (χ3n) is 2.95. The molecule has 0 fully saturated rings. The maximum Gasteiger partial charge on any atom is 0.145 e. The molecular weight excluding hydrogens is 200 g/mol. The van der Waals surface area contributed by atoms with Gasteiger partial charge >= 0.3 is 0 Å². The second kappa shape index (κ2) is 14.2. The number of hydrogen-bond acceptors (Lipinski definition) is 1. The van der Waals surface area contributed by atoms with Crippen molar-refractivity contribution < 1.29 is 4.43 Å². The molecular formula is C13H30OSi. The summed E-state index contributed by atoms with van der Waals surface area (Å²) in [5, 5.41) is 0. The summed E-state index contributed by atoms with van der Waals surface area (Å²) >= 11 is 0. The Hall–Kier alpha value is 0.177. The molecule has 0 aromatic rings. The molecule has 0 spiro atoms. The van der Waals surface area contributed by atoms with E-state index in [2.05, 4.69) is 6.92 Å². The van der Waals surface area contributed by atoms with Gasteiger partial charge in [0.05, 0.1) is 0 Å². The summed E-state index contributed by atoms with van der Waals surface area (Å²) in [5.41, 5.74) is 0. The Morgan fingerprint density at radius 2 is 1.07 bits per heavy atom. The van der Waals surface area contributed by atoms with Crippen molar-refractivity contribution in [2.24, 2.45) is 0 Å². The smallest absolute Gasteiger partial charge is 0.145 e. The van der Waals surface area contributed by atoms with E-state index >= 15 is 0 Å². The van der Waals surface area contributed by atoms with Crippen LogP contribution in [-0.2, 0) is 4.43 Å². The SMILES string of the molecule is CCCCCCCCCCCCCO[SiH3]. The lowest BCUT2D eigenvalue weighted by Gasteiger charge is -2.02. The van der Waals surface area contributed by atoms with Crippen LogP contribution in [0.3, 0.4) is 0 Å². The van der Waals surface area contributed by atoms with Gasteiger partial charge in [-0.15, -0.1) is 0 Å². The molecule has 0 saturated carbocycles. The first-order chi connectivity index (χ1) is 7.41. The van der Waals surface area contributed by atoms with Crippen LogP contribution >= 0.6 is 0 Å². The largest absolute Gasteiger partial charge is 0.428 e. The van der Waals surface area contributed by atoms with Gasteiger partial charge in [-0.1, -0.05) is 71.1 Å². The molecule has 0 aromatic heterocycles. The van der Waals surface area contributed by atoms with Crippen LogP contribution in [0.4, 0.5) is 0 Å². The van der Waals surface area contributed by atoms with Crippen molar-refractivity contribution in [3.63, 3.8) is 0 Å². The van der Waals surface area contributed by atoms with E-state index in [4.69, 9.17) is 4.43 Å². The molecule has 0 saturated heterocycles. The van der Waals surface area contributed by atoms with E-state index in [0.717, 1.165) is 17.1 Å². The van der Waals surface area contributed by atoms with Crippen molar-refractivity contribution in [1.82, 2.24) is 0 Å². The standard InChI is InChI=1S/C13H30OSi/c1-2-3-4-5-6-7-8-9-10-11-12-13-14-15/h2-13H2,1,15H3. The molecule has 0 aliphatic carbocycles. The predicted molar refractivity (Wildman–Crippen MR) is 72.4 cm³/mol. The van der Waals surface area contributed by atoms with Gasteiger partial charge in [0.2, 0.25) is 0 Å². The Balaban J connectivity index is 2.81. The van der Waals surface area contributed by atoms with Crippen molar-refractivity contribution in [3.05, 3.63) is 0 Å². The Labute approximate surface area is 99.5 Å². The van der Waals surface area contributed by atoms with Gasteiger partial charge in [0.15, 0.2) is 0 Å². The molecule has 0 aromatic carbocycles. The topological polar surface area (TPSA) is 9.23 Å². The highest BCUT2D eigenvalue weighted by Crippen LogP contribution is 2.10. The summed E-state index contributed by atoms with van der Waals surface area (Å²) in [7, 11) is 0.910. The van der Waals surface area contributed by atoms with E-state index in [1.165, 1.54) is 70.6 Å². The molecule has 0 rings (SSSR count). The van der Waals surface area contributed by atoms with Crippen LogP contribution in [0.25, 0.3) is 0 Å². The highest BCUT2D eigenvalue weighted by molar-refractivity contribution is 5.97. The van der Waals surface area contributed by atoms with Gasteiger partial charge < -0.3 is 4.43 Å². The zero-order valence-corrected chi connectivity index (χ0v) is 12.9. The summed E-state index contributed by atoms with van der Waals surface area (Å²) in [4.78, 5) is 0. The predicted octanol–water partition coefficient (Wildman–Crippen LogP) is 3.59. The van der Waals surface area contributed by atoms with Gasteiger partial charge in [0.1, 0.15) is 10.5 Å². The second-order valence-corrected chi connectivity index (χ2v) is 5.11. The van der Waals surface area contributed by atoms with E-state index in [0.29, 0.717) is 0 Å². The lowest BCUT2D eigenvalue weighted by molar-refractivity contribution is 0.332. The summed E-state index contributed by atoms with van der Waals surface area (Å²) < 4.78 is 5.16. The van der Waals surface area contributed by atoms with Gasteiger partial charge in [-0.3, -0.25) is 0 Å². The van der Waals surface area contributed by atoms with E-state index in [9.17, 15) is 0 Å². The van der Waals surface area contributed by atoms with E-state index in [1.54, 1.807) is 0 Å². The van der Waals surface area contributed by atoms with E-state index < -0.39 is 0 Å². The number of unbranched alkanes of at least 4 members (excludes halogenated alkanes) is 10. The summed E-state index contributed by atoms with van der Waals surface area (Å²) in [5.74, 6) is 0. The zero-order valence-electron chi connectivity index (χ0n) is 10.9. The summed E-state index contributed by atoms with van der Waals surface area (Å²) in [6, 6.07) is 0. The third kappa shape index (κ3) is 14.2. The first kappa shape index (κ1) is 15.2. The van der Waals surface area contributed by atoms with Crippen molar-refractivity contribution in [3.8, 4) is 0 Å². The van der Waals surface area contributed by atoms with Gasteiger partial charge in [-0.2, -0.15) is 0 Å². The zero-order chi connectivity index (χ0) is 11.2. The van der Waals surface area contributed by atoms with Gasteiger partial charge in [0, 0.05) is 6.61 Å². The van der Waals surface area contributed by atoms with Crippen LogP contribution in [0.5, 0.6) is 0 Å². The molecule has 0 amide bonds. The highest BCUT2D eigenvalue weighted by Gasteiger charge is 1.92. The fourth-order valence-electron chi connectivity index (χ4n) is 1.91. The maximum atomic E-state index is 5.16. The fourth-order valence-corrected chi connectivity index (χ4v) is 2.20. The minimum absolute atomic E-state index is 0.910. The number of rotatable bonds is 12. The first-order valence-electron chi connectivity index (χ1n) is 6.90. The summed E-state index contributed by atoms with van der Waals surface area (Å²) in [6.07, 6.45) is 15.6. The van der Waals surface area contributed by atoms with Gasteiger partial charge in [-0.25, -0.2) is 0 Å². The lowest BCUT2D eigenvalue weighted by Crippen LogP contribution is -1.89. The molecule has 0 aliphatic heterocycles. The van der Waals surface area contributed by atoms with Crippen molar-refractivity contribution >= 4 is 10.5 Å². The van der Waals surface area contributed by atoms with E-state index in [-0.39, 0.29) is 0 Å². The fraction of sp³-hybridized carbons (Fsp3) is 1.00. The molecule has 1 nitrogen and oxygen atoms in total. The number of hydrogen-bond donors (Lipinski definition) is 0. The lowest BCUT2D eigenvalue weighted by atomic mass is 10.1. The molecule has 0 atom stereocenters. The minimum atomic E-state index is 0.910. The average Bonchev–Trinajstić information content (AvgIpc) is 2.26. The molecule has 92 valence electrons. The summed E-state index contributed by atoms with van der Waals surface area (Å²) in [6.45, 7) is 3.28. The third-order valence-corrected chi connectivity index (χ3v) is 3.36. The Morgan fingerprint density at radius 3 is 1.47 bits per heavy atom. The van der Waals surface area contributed by atoms with E-state index in [1.807, 2.05) is 0 Å². The quantitative estimate of drug-likeness (QED) is 0.368. The van der Waals surface area contributed by atoms with Gasteiger partial charge in [0.25, 0.3) is 0 Å². The molecule has 0 N–H and O–H groups in total. The minimum Gasteiger partial charge on any atom is -0.428 e. The normalized spacial score (nSPS) is 11.0. The Kier molecular flexibility index (Phi) is 14.3. The Bertz CT molecular complexity index is 94.7. The molecule has 0 radical (unpaired) electrons. The van der Waals surface area contributed by atoms with Crippen LogP contribution in [0.2, 0.25) is 0 Å². The first-order valence-corrected chi connectivity index (χ1v) is 7.72. The van der Waals surface area contributed by atoms with Crippen molar-refractivity contribution in [1.29, 1.82) is 0 Å². The molecule has 2 heteroatoms. The van der Waals surface area contributed by atoms with Crippen LogP contribution in [0.15, 0.2) is 0 Å². The second-order valence-electron chi connectivity index (χ2n) is 4.53. The van der Waals surface area contributed by atoms with Gasteiger partial charge in [-0.05, 0) is 6.42 Å². The molecule has 0 unspecified atom stereocenters. The van der Waals surface area contributed by atoms with Crippen LogP contribution < -0.4 is 0 Å². The molecule has 15 heavy (non-hydrogen) atoms. The van der Waals surface area contributed by atoms with Crippen molar-refractivity contribution in [2.75, 3.05) is 6.61 Å². The monoisotopic (exact) mass is 230 g/mol. The van der Waals surface area contributed by atoms with Crippen LogP contribution in [0.1, 0.15) is 77.6 Å². The Morgan fingerprint density at radius 1 is 0.667 bits per heavy atom. The molecule has 0 aliphatic rings. The highest BCUT2D eigenvalue weighted by atomic mass is 28.2.